The number of aromatic carboxylic acids is 1. The Labute approximate surface area is 196 Å². The van der Waals surface area contributed by atoms with Gasteiger partial charge in [0.1, 0.15) is 18.2 Å². The minimum absolute atomic E-state index is 0.120. The molecule has 0 unspecified atom stereocenters. The number of fused-ring (bicyclic) bond motifs is 2. The quantitative estimate of drug-likeness (QED) is 0.439. The molecule has 0 amide bonds. The molecular formula is C28H24N2O4. The maximum absolute atomic E-state index is 13.2. The number of allylic oxidation sites excluding steroid dienone is 1. The van der Waals surface area contributed by atoms with E-state index < -0.39 is 5.97 Å². The van der Waals surface area contributed by atoms with Crippen molar-refractivity contribution in [2.75, 3.05) is 0 Å². The second-order valence-electron chi connectivity index (χ2n) is 8.40. The van der Waals surface area contributed by atoms with E-state index in [9.17, 15) is 14.7 Å². The summed E-state index contributed by atoms with van der Waals surface area (Å²) < 4.78 is 7.60. The highest BCUT2D eigenvalue weighted by atomic mass is 16.5. The molecule has 0 bridgehead atoms. The standard InChI is InChI=1S/C28H24N2O4/c31-27-24-14-11-22(28(32)33)17-25(24)29-26-21(8-4-5-15-30(26)27)16-19-9-12-23(13-10-19)34-18-20-6-2-1-3-7-20/h1-3,6-7,9-14,16-17H,4-5,8,15,18H2,(H,32,33)/b21-16+. The van der Waals surface area contributed by atoms with E-state index in [1.54, 1.807) is 10.6 Å². The van der Waals surface area contributed by atoms with Crippen LogP contribution in [-0.4, -0.2) is 20.6 Å². The number of carbonyl (C=O) groups is 1. The first-order valence-corrected chi connectivity index (χ1v) is 11.3. The lowest BCUT2D eigenvalue weighted by Gasteiger charge is -2.13. The normalized spacial score (nSPS) is 14.5. The topological polar surface area (TPSA) is 81.4 Å². The molecule has 0 saturated carbocycles. The molecule has 4 aromatic rings. The van der Waals surface area contributed by atoms with Gasteiger partial charge in [0.15, 0.2) is 0 Å². The van der Waals surface area contributed by atoms with Crippen molar-refractivity contribution in [2.45, 2.75) is 32.4 Å². The van der Waals surface area contributed by atoms with Crippen LogP contribution >= 0.6 is 0 Å². The van der Waals surface area contributed by atoms with Gasteiger partial charge in [-0.2, -0.15) is 0 Å². The van der Waals surface area contributed by atoms with Crippen LogP contribution < -0.4 is 10.3 Å². The number of nitrogens with zero attached hydrogens (tertiary/aromatic N) is 2. The summed E-state index contributed by atoms with van der Waals surface area (Å²) in [6.45, 7) is 1.11. The van der Waals surface area contributed by atoms with Gasteiger partial charge in [0, 0.05) is 6.54 Å². The lowest BCUT2D eigenvalue weighted by atomic mass is 10.0. The van der Waals surface area contributed by atoms with Crippen LogP contribution in [0.1, 0.15) is 46.6 Å². The van der Waals surface area contributed by atoms with Crippen molar-refractivity contribution >= 4 is 28.5 Å². The van der Waals surface area contributed by atoms with Gasteiger partial charge in [-0.1, -0.05) is 42.5 Å². The van der Waals surface area contributed by atoms with Crippen LogP contribution in [-0.2, 0) is 13.2 Å². The van der Waals surface area contributed by atoms with Gasteiger partial charge in [-0.25, -0.2) is 9.78 Å². The van der Waals surface area contributed by atoms with Gasteiger partial charge in [0.05, 0.1) is 16.5 Å². The van der Waals surface area contributed by atoms with Gasteiger partial charge >= 0.3 is 5.97 Å². The fraction of sp³-hybridized carbons (Fsp3) is 0.179. The van der Waals surface area contributed by atoms with Crippen molar-refractivity contribution in [3.05, 3.63) is 106 Å². The van der Waals surface area contributed by atoms with Crippen molar-refractivity contribution in [3.63, 3.8) is 0 Å². The van der Waals surface area contributed by atoms with E-state index in [1.807, 2.05) is 54.6 Å². The molecule has 170 valence electrons. The molecule has 34 heavy (non-hydrogen) atoms. The average Bonchev–Trinajstić information content (AvgIpc) is 3.06. The second-order valence-corrected chi connectivity index (χ2v) is 8.40. The third kappa shape index (κ3) is 4.48. The van der Waals surface area contributed by atoms with E-state index in [4.69, 9.17) is 9.72 Å². The first-order valence-electron chi connectivity index (χ1n) is 11.3. The van der Waals surface area contributed by atoms with Crippen molar-refractivity contribution < 1.29 is 14.6 Å². The summed E-state index contributed by atoms with van der Waals surface area (Å²) in [7, 11) is 0. The second kappa shape index (κ2) is 9.35. The lowest BCUT2D eigenvalue weighted by molar-refractivity contribution is 0.0697. The number of ether oxygens (including phenoxy) is 1. The number of rotatable bonds is 5. The smallest absolute Gasteiger partial charge is 0.335 e. The average molecular weight is 453 g/mol. The molecule has 3 aromatic carbocycles. The van der Waals surface area contributed by atoms with Crippen LogP contribution in [0, 0.1) is 0 Å². The molecule has 1 aliphatic heterocycles. The van der Waals surface area contributed by atoms with E-state index in [2.05, 4.69) is 6.08 Å². The minimum Gasteiger partial charge on any atom is -0.489 e. The highest BCUT2D eigenvalue weighted by molar-refractivity contribution is 5.93. The number of carboxylic acids is 1. The highest BCUT2D eigenvalue weighted by Gasteiger charge is 2.18. The van der Waals surface area contributed by atoms with E-state index >= 15 is 0 Å². The van der Waals surface area contributed by atoms with Crippen LogP contribution in [0.25, 0.3) is 22.6 Å². The van der Waals surface area contributed by atoms with Crippen LogP contribution in [0.5, 0.6) is 5.75 Å². The molecule has 0 radical (unpaired) electrons. The largest absolute Gasteiger partial charge is 0.489 e. The number of aromatic nitrogens is 2. The number of carboxylic acid groups (broad SMARTS) is 1. The predicted molar refractivity (Wildman–Crippen MR) is 132 cm³/mol. The van der Waals surface area contributed by atoms with Crippen LogP contribution in [0.4, 0.5) is 0 Å². The molecule has 2 heterocycles. The summed E-state index contributed by atoms with van der Waals surface area (Å²) in [6, 6.07) is 22.4. The van der Waals surface area contributed by atoms with Crippen molar-refractivity contribution in [1.29, 1.82) is 0 Å². The molecule has 0 spiro atoms. The van der Waals surface area contributed by atoms with Gasteiger partial charge in [-0.05, 0) is 72.4 Å². The first-order chi connectivity index (χ1) is 16.6. The fourth-order valence-electron chi connectivity index (χ4n) is 4.24. The molecule has 6 heteroatoms. The van der Waals surface area contributed by atoms with Crippen molar-refractivity contribution in [2.24, 2.45) is 0 Å². The van der Waals surface area contributed by atoms with Gasteiger partial charge in [-0.3, -0.25) is 9.36 Å². The summed E-state index contributed by atoms with van der Waals surface area (Å²) in [5.41, 5.74) is 3.47. The lowest BCUT2D eigenvalue weighted by Crippen LogP contribution is -2.24. The third-order valence-electron chi connectivity index (χ3n) is 6.04. The van der Waals surface area contributed by atoms with Crippen molar-refractivity contribution in [1.82, 2.24) is 9.55 Å². The number of hydrogen-bond donors (Lipinski definition) is 1. The Balaban J connectivity index is 1.47. The zero-order chi connectivity index (χ0) is 23.5. The molecule has 0 saturated heterocycles. The van der Waals surface area contributed by atoms with E-state index in [0.29, 0.717) is 29.9 Å². The molecule has 0 fully saturated rings. The molecule has 5 rings (SSSR count). The van der Waals surface area contributed by atoms with Crippen molar-refractivity contribution in [3.8, 4) is 5.75 Å². The summed E-state index contributed by atoms with van der Waals surface area (Å²) in [5, 5.41) is 9.78. The SMILES string of the molecule is O=C(O)c1ccc2c(=O)n3c(nc2c1)/C(=C/c1ccc(OCc2ccccc2)cc1)CCCC3. The number of benzene rings is 3. The Morgan fingerprint density at radius 1 is 1.03 bits per heavy atom. The Morgan fingerprint density at radius 3 is 2.59 bits per heavy atom. The Bertz CT molecular complexity index is 1440. The molecule has 1 aliphatic rings. The van der Waals surface area contributed by atoms with Crippen LogP contribution in [0.2, 0.25) is 0 Å². The molecule has 0 atom stereocenters. The zero-order valence-corrected chi connectivity index (χ0v) is 18.6. The highest BCUT2D eigenvalue weighted by Crippen LogP contribution is 2.27. The molecule has 1 N–H and O–H groups in total. The van der Waals surface area contributed by atoms with Crippen LogP contribution in [0.3, 0.4) is 0 Å². The summed E-state index contributed by atoms with van der Waals surface area (Å²) in [4.78, 5) is 29.3. The van der Waals surface area contributed by atoms with Gasteiger partial charge < -0.3 is 9.84 Å². The van der Waals surface area contributed by atoms with E-state index in [1.165, 1.54) is 12.1 Å². The maximum Gasteiger partial charge on any atom is 0.335 e. The third-order valence-corrected chi connectivity index (χ3v) is 6.04. The monoisotopic (exact) mass is 452 g/mol. The van der Waals surface area contributed by atoms with Gasteiger partial charge in [0.25, 0.3) is 5.56 Å². The van der Waals surface area contributed by atoms with Gasteiger partial charge in [0.2, 0.25) is 0 Å². The molecule has 1 aromatic heterocycles. The summed E-state index contributed by atoms with van der Waals surface area (Å²) >= 11 is 0. The summed E-state index contributed by atoms with van der Waals surface area (Å²) in [5.74, 6) is 0.361. The Hall–Kier alpha value is -4.19. The predicted octanol–water partition coefficient (Wildman–Crippen LogP) is 5.40. The number of hydrogen-bond acceptors (Lipinski definition) is 4. The molecule has 0 aliphatic carbocycles. The zero-order valence-electron chi connectivity index (χ0n) is 18.6. The van der Waals surface area contributed by atoms with Crippen LogP contribution in [0.15, 0.2) is 77.6 Å². The minimum atomic E-state index is -1.04. The molecular weight excluding hydrogens is 428 g/mol. The Morgan fingerprint density at radius 2 is 1.82 bits per heavy atom. The first kappa shape index (κ1) is 21.6. The van der Waals surface area contributed by atoms with Gasteiger partial charge in [-0.15, -0.1) is 0 Å². The fourth-order valence-corrected chi connectivity index (χ4v) is 4.24. The molecule has 6 nitrogen and oxygen atoms in total. The van der Waals surface area contributed by atoms with E-state index in [-0.39, 0.29) is 11.1 Å². The Kier molecular flexibility index (Phi) is 5.95. The summed E-state index contributed by atoms with van der Waals surface area (Å²) in [6.07, 6.45) is 4.68. The maximum atomic E-state index is 13.2. The van der Waals surface area contributed by atoms with E-state index in [0.717, 1.165) is 41.7 Å².